The minimum Gasteiger partial charge on any atom is -0.385 e. The van der Waals surface area contributed by atoms with Gasteiger partial charge in [-0.05, 0) is 29.9 Å². The van der Waals surface area contributed by atoms with E-state index < -0.39 is 0 Å². The molecule has 0 saturated heterocycles. The molecule has 0 bridgehead atoms. The highest BCUT2D eigenvalue weighted by Gasteiger charge is 1.95. The third kappa shape index (κ3) is 6.38. The fraction of sp³-hybridized carbons (Fsp3) is 0.429. The molecule has 0 radical (unpaired) electrons. The van der Waals surface area contributed by atoms with E-state index in [1.165, 1.54) is 5.56 Å². The van der Waals surface area contributed by atoms with Gasteiger partial charge in [0.1, 0.15) is 6.61 Å². The Hall–Kier alpha value is -0.950. The third-order valence-electron chi connectivity index (χ3n) is 2.14. The molecule has 0 amide bonds. The maximum Gasteiger partial charge on any atom is 0.104 e. The number of hydrogen-bond acceptors (Lipinski definition) is 3. The fourth-order valence-electron chi connectivity index (χ4n) is 1.38. The topological polar surface area (TPSA) is 29.5 Å². The second-order valence-electron chi connectivity index (χ2n) is 3.56. The van der Waals surface area contributed by atoms with E-state index in [-0.39, 0.29) is 6.61 Å². The number of benzene rings is 1. The second kappa shape index (κ2) is 9.12. The molecular formula is C14H18O2S. The highest BCUT2D eigenvalue weighted by Crippen LogP contribution is 2.14. The molecular weight excluding hydrogens is 232 g/mol. The average Bonchev–Trinajstić information content (AvgIpc) is 2.37. The molecule has 0 fully saturated rings. The third-order valence-corrected chi connectivity index (χ3v) is 3.26. The van der Waals surface area contributed by atoms with E-state index in [1.807, 2.05) is 23.9 Å². The van der Waals surface area contributed by atoms with Crippen molar-refractivity contribution in [3.8, 4) is 11.8 Å². The molecule has 1 rings (SSSR count). The first-order valence-electron chi connectivity index (χ1n) is 5.62. The van der Waals surface area contributed by atoms with Crippen molar-refractivity contribution in [2.24, 2.45) is 0 Å². The Morgan fingerprint density at radius 2 is 2.29 bits per heavy atom. The predicted octanol–water partition coefficient (Wildman–Crippen LogP) is 2.30. The molecule has 0 spiro atoms. The van der Waals surface area contributed by atoms with Crippen molar-refractivity contribution < 1.29 is 9.84 Å². The molecule has 1 N–H and O–H groups in total. The first kappa shape index (κ1) is 14.1. The fourth-order valence-corrected chi connectivity index (χ4v) is 2.26. The summed E-state index contributed by atoms with van der Waals surface area (Å²) in [7, 11) is 1.73. The Kier molecular flexibility index (Phi) is 7.57. The van der Waals surface area contributed by atoms with Crippen molar-refractivity contribution in [1.82, 2.24) is 0 Å². The Morgan fingerprint density at radius 1 is 1.41 bits per heavy atom. The van der Waals surface area contributed by atoms with Crippen molar-refractivity contribution in [2.75, 3.05) is 26.1 Å². The monoisotopic (exact) mass is 250 g/mol. The molecule has 17 heavy (non-hydrogen) atoms. The van der Waals surface area contributed by atoms with Gasteiger partial charge in [-0.2, -0.15) is 11.8 Å². The summed E-state index contributed by atoms with van der Waals surface area (Å²) in [6.45, 7) is 0.741. The second-order valence-corrected chi connectivity index (χ2v) is 4.66. The summed E-state index contributed by atoms with van der Waals surface area (Å²) in [5.41, 5.74) is 2.24. The number of aliphatic hydroxyl groups excluding tert-OH is 1. The van der Waals surface area contributed by atoms with E-state index in [0.29, 0.717) is 0 Å². The minimum atomic E-state index is -0.0873. The Morgan fingerprint density at radius 3 is 3.06 bits per heavy atom. The van der Waals surface area contributed by atoms with Gasteiger partial charge in [0.05, 0.1) is 0 Å². The largest absolute Gasteiger partial charge is 0.385 e. The zero-order chi connectivity index (χ0) is 12.3. The van der Waals surface area contributed by atoms with E-state index >= 15 is 0 Å². The minimum absolute atomic E-state index is 0.0873. The summed E-state index contributed by atoms with van der Waals surface area (Å²) < 4.78 is 5.00. The van der Waals surface area contributed by atoms with Gasteiger partial charge >= 0.3 is 0 Å². The summed E-state index contributed by atoms with van der Waals surface area (Å²) in [5, 5.41) is 8.63. The molecule has 0 aliphatic heterocycles. The maximum absolute atomic E-state index is 8.63. The maximum atomic E-state index is 8.63. The number of rotatable bonds is 6. The Labute approximate surface area is 107 Å². The summed E-state index contributed by atoms with van der Waals surface area (Å²) in [5.74, 6) is 7.68. The van der Waals surface area contributed by atoms with Crippen LogP contribution in [0.5, 0.6) is 0 Å². The zero-order valence-corrected chi connectivity index (χ0v) is 10.9. The summed E-state index contributed by atoms with van der Waals surface area (Å²) >= 11 is 1.90. The number of methoxy groups -OCH3 is 1. The molecule has 0 saturated carbocycles. The van der Waals surface area contributed by atoms with Gasteiger partial charge in [0, 0.05) is 25.0 Å². The van der Waals surface area contributed by atoms with Crippen molar-refractivity contribution in [3.63, 3.8) is 0 Å². The predicted molar refractivity (Wildman–Crippen MR) is 73.1 cm³/mol. The molecule has 0 aliphatic carbocycles. The van der Waals surface area contributed by atoms with Crippen molar-refractivity contribution in [3.05, 3.63) is 35.4 Å². The highest BCUT2D eigenvalue weighted by atomic mass is 32.2. The molecule has 0 atom stereocenters. The molecule has 2 nitrogen and oxygen atoms in total. The first-order valence-corrected chi connectivity index (χ1v) is 6.77. The Balaban J connectivity index is 2.38. The van der Waals surface area contributed by atoms with Crippen LogP contribution in [0, 0.1) is 11.8 Å². The van der Waals surface area contributed by atoms with Crippen LogP contribution < -0.4 is 0 Å². The molecule has 3 heteroatoms. The molecule has 92 valence electrons. The molecule has 0 heterocycles. The number of aliphatic hydroxyl groups is 1. The van der Waals surface area contributed by atoms with Crippen LogP contribution in [0.2, 0.25) is 0 Å². The lowest BCUT2D eigenvalue weighted by atomic mass is 10.1. The standard InChI is InChI=1S/C14H18O2S/c1-16-9-4-10-17-12-14-6-2-5-13(11-14)7-3-8-15/h2,5-6,11,15H,4,8-10,12H2,1H3. The Bertz CT molecular complexity index is 379. The van der Waals surface area contributed by atoms with Gasteiger partial charge in [-0.1, -0.05) is 24.0 Å². The number of hydrogen-bond donors (Lipinski definition) is 1. The SMILES string of the molecule is COCCCSCc1cccc(C#CCO)c1. The van der Waals surface area contributed by atoms with Crippen LogP contribution in [-0.4, -0.2) is 31.2 Å². The number of ether oxygens (including phenoxy) is 1. The summed E-state index contributed by atoms with van der Waals surface area (Å²) in [6, 6.07) is 8.15. The molecule has 1 aromatic carbocycles. The van der Waals surface area contributed by atoms with Gasteiger partial charge in [0.15, 0.2) is 0 Å². The van der Waals surface area contributed by atoms with Crippen molar-refractivity contribution in [1.29, 1.82) is 0 Å². The normalized spacial score (nSPS) is 9.76. The summed E-state index contributed by atoms with van der Waals surface area (Å²) in [4.78, 5) is 0. The number of thioether (sulfide) groups is 1. The van der Waals surface area contributed by atoms with Crippen LogP contribution in [0.3, 0.4) is 0 Å². The van der Waals surface area contributed by atoms with Gasteiger partial charge in [-0.3, -0.25) is 0 Å². The van der Waals surface area contributed by atoms with Crippen LogP contribution >= 0.6 is 11.8 Å². The summed E-state index contributed by atoms with van der Waals surface area (Å²) in [6.07, 6.45) is 1.09. The van der Waals surface area contributed by atoms with Gasteiger partial charge in [-0.15, -0.1) is 0 Å². The van der Waals surface area contributed by atoms with Crippen LogP contribution in [0.1, 0.15) is 17.5 Å². The van der Waals surface area contributed by atoms with E-state index in [4.69, 9.17) is 9.84 Å². The van der Waals surface area contributed by atoms with Gasteiger partial charge < -0.3 is 9.84 Å². The first-order chi connectivity index (χ1) is 8.36. The molecule has 1 aromatic rings. The van der Waals surface area contributed by atoms with Gasteiger partial charge in [0.2, 0.25) is 0 Å². The van der Waals surface area contributed by atoms with E-state index in [1.54, 1.807) is 7.11 Å². The highest BCUT2D eigenvalue weighted by molar-refractivity contribution is 7.98. The van der Waals surface area contributed by atoms with E-state index in [9.17, 15) is 0 Å². The van der Waals surface area contributed by atoms with Crippen LogP contribution in [-0.2, 0) is 10.5 Å². The van der Waals surface area contributed by atoms with Crippen molar-refractivity contribution >= 4 is 11.8 Å². The zero-order valence-electron chi connectivity index (χ0n) is 10.1. The lowest BCUT2D eigenvalue weighted by Gasteiger charge is -2.02. The van der Waals surface area contributed by atoms with Crippen LogP contribution in [0.25, 0.3) is 0 Å². The van der Waals surface area contributed by atoms with Crippen LogP contribution in [0.4, 0.5) is 0 Å². The van der Waals surface area contributed by atoms with E-state index in [0.717, 1.165) is 30.1 Å². The van der Waals surface area contributed by atoms with Crippen LogP contribution in [0.15, 0.2) is 24.3 Å². The smallest absolute Gasteiger partial charge is 0.104 e. The molecule has 0 unspecified atom stereocenters. The molecule has 0 aromatic heterocycles. The van der Waals surface area contributed by atoms with Crippen molar-refractivity contribution in [2.45, 2.75) is 12.2 Å². The lowest BCUT2D eigenvalue weighted by Crippen LogP contribution is -1.91. The van der Waals surface area contributed by atoms with Gasteiger partial charge in [0.25, 0.3) is 0 Å². The molecule has 0 aliphatic rings. The quantitative estimate of drug-likeness (QED) is 0.620. The van der Waals surface area contributed by atoms with E-state index in [2.05, 4.69) is 24.0 Å². The average molecular weight is 250 g/mol. The van der Waals surface area contributed by atoms with Gasteiger partial charge in [-0.25, -0.2) is 0 Å². The lowest BCUT2D eigenvalue weighted by molar-refractivity contribution is 0.200.